The zero-order chi connectivity index (χ0) is 15.4. The van der Waals surface area contributed by atoms with Gasteiger partial charge in [-0.25, -0.2) is 0 Å². The molecular formula is C20H30O. The summed E-state index contributed by atoms with van der Waals surface area (Å²) in [6, 6.07) is 4.40. The molecule has 1 aromatic carbocycles. The summed E-state index contributed by atoms with van der Waals surface area (Å²) in [4.78, 5) is 0. The van der Waals surface area contributed by atoms with Crippen molar-refractivity contribution in [3.8, 4) is 5.75 Å². The Morgan fingerprint density at radius 1 is 1.14 bits per heavy atom. The molecule has 116 valence electrons. The van der Waals surface area contributed by atoms with E-state index in [-0.39, 0.29) is 0 Å². The summed E-state index contributed by atoms with van der Waals surface area (Å²) in [5.74, 6) is 1.66. The summed E-state index contributed by atoms with van der Waals surface area (Å²) in [6.45, 7) is 11.8. The van der Waals surface area contributed by atoms with E-state index in [9.17, 15) is 5.11 Å². The number of aromatic hydroxyl groups is 1. The SMILES string of the molecule is CC(C)c1cc2c(cc1O)CCC1C(C)(C)CCC[C@@]21C. The first-order valence-corrected chi connectivity index (χ1v) is 8.62. The minimum absolute atomic E-state index is 0.298. The van der Waals surface area contributed by atoms with Crippen LogP contribution in [-0.2, 0) is 11.8 Å². The van der Waals surface area contributed by atoms with Gasteiger partial charge < -0.3 is 5.11 Å². The van der Waals surface area contributed by atoms with Crippen molar-refractivity contribution in [1.82, 2.24) is 0 Å². The highest BCUT2D eigenvalue weighted by atomic mass is 16.3. The van der Waals surface area contributed by atoms with Crippen molar-refractivity contribution < 1.29 is 5.11 Å². The highest BCUT2D eigenvalue weighted by Crippen LogP contribution is 2.57. The van der Waals surface area contributed by atoms with E-state index in [0.29, 0.717) is 22.5 Å². The van der Waals surface area contributed by atoms with Crippen LogP contribution in [-0.4, -0.2) is 5.11 Å². The maximum absolute atomic E-state index is 10.3. The predicted molar refractivity (Wildman–Crippen MR) is 89.0 cm³/mol. The van der Waals surface area contributed by atoms with Gasteiger partial charge in [-0.15, -0.1) is 0 Å². The molecule has 2 aliphatic rings. The van der Waals surface area contributed by atoms with Crippen LogP contribution in [0.5, 0.6) is 5.75 Å². The first-order valence-electron chi connectivity index (χ1n) is 8.62. The number of rotatable bonds is 1. The van der Waals surface area contributed by atoms with Crippen LogP contribution in [0.25, 0.3) is 0 Å². The van der Waals surface area contributed by atoms with Gasteiger partial charge in [-0.2, -0.15) is 0 Å². The lowest BCUT2D eigenvalue weighted by molar-refractivity contribution is 0.0406. The van der Waals surface area contributed by atoms with Crippen molar-refractivity contribution in [1.29, 1.82) is 0 Å². The molecule has 1 aromatic rings. The summed E-state index contributed by atoms with van der Waals surface area (Å²) >= 11 is 0. The summed E-state index contributed by atoms with van der Waals surface area (Å²) in [6.07, 6.45) is 6.40. The molecule has 0 heterocycles. The monoisotopic (exact) mass is 286 g/mol. The van der Waals surface area contributed by atoms with Crippen molar-refractivity contribution in [2.75, 3.05) is 0 Å². The topological polar surface area (TPSA) is 20.2 Å². The quantitative estimate of drug-likeness (QED) is 0.718. The third-order valence-electron chi connectivity index (χ3n) is 6.42. The maximum Gasteiger partial charge on any atom is 0.119 e. The zero-order valence-electron chi connectivity index (χ0n) is 14.3. The lowest BCUT2D eigenvalue weighted by Crippen LogP contribution is -2.47. The summed E-state index contributed by atoms with van der Waals surface area (Å²) in [5, 5.41) is 10.3. The lowest BCUT2D eigenvalue weighted by atomic mass is 9.50. The largest absolute Gasteiger partial charge is 0.508 e. The molecule has 21 heavy (non-hydrogen) atoms. The molecule has 2 atom stereocenters. The van der Waals surface area contributed by atoms with Gasteiger partial charge >= 0.3 is 0 Å². The van der Waals surface area contributed by atoms with Gasteiger partial charge in [-0.05, 0) is 71.1 Å². The molecule has 1 unspecified atom stereocenters. The number of benzene rings is 1. The molecule has 0 amide bonds. The molecule has 1 saturated carbocycles. The molecule has 0 radical (unpaired) electrons. The van der Waals surface area contributed by atoms with Crippen LogP contribution >= 0.6 is 0 Å². The van der Waals surface area contributed by atoms with Crippen molar-refractivity contribution >= 4 is 0 Å². The molecule has 0 saturated heterocycles. The van der Waals surface area contributed by atoms with E-state index in [1.165, 1.54) is 36.8 Å². The summed E-state index contributed by atoms with van der Waals surface area (Å²) in [5.41, 5.74) is 4.80. The molecule has 1 heteroatoms. The van der Waals surface area contributed by atoms with Crippen molar-refractivity contribution in [2.24, 2.45) is 11.3 Å². The Bertz CT molecular complexity index is 555. The van der Waals surface area contributed by atoms with E-state index in [4.69, 9.17) is 0 Å². The Labute approximate surface area is 129 Å². The average Bonchev–Trinajstić information content (AvgIpc) is 2.36. The van der Waals surface area contributed by atoms with Gasteiger partial charge in [-0.3, -0.25) is 0 Å². The summed E-state index contributed by atoms with van der Waals surface area (Å²) in [7, 11) is 0. The van der Waals surface area contributed by atoms with E-state index in [1.807, 2.05) is 0 Å². The van der Waals surface area contributed by atoms with Crippen LogP contribution in [0.15, 0.2) is 12.1 Å². The molecule has 0 bridgehead atoms. The van der Waals surface area contributed by atoms with Crippen LogP contribution < -0.4 is 0 Å². The molecular weight excluding hydrogens is 256 g/mol. The van der Waals surface area contributed by atoms with E-state index in [1.54, 1.807) is 0 Å². The van der Waals surface area contributed by atoms with E-state index in [2.05, 4.69) is 46.8 Å². The number of fused-ring (bicyclic) bond motifs is 3. The van der Waals surface area contributed by atoms with Gasteiger partial charge in [0.05, 0.1) is 0 Å². The number of hydrogen-bond acceptors (Lipinski definition) is 1. The fourth-order valence-corrected chi connectivity index (χ4v) is 5.30. The second-order valence-corrected chi connectivity index (χ2v) is 8.57. The van der Waals surface area contributed by atoms with E-state index >= 15 is 0 Å². The van der Waals surface area contributed by atoms with Crippen LogP contribution in [0.2, 0.25) is 0 Å². The van der Waals surface area contributed by atoms with Gasteiger partial charge in [0.2, 0.25) is 0 Å². The van der Waals surface area contributed by atoms with Gasteiger partial charge in [0.15, 0.2) is 0 Å². The second kappa shape index (κ2) is 4.76. The predicted octanol–water partition coefficient (Wildman–Crippen LogP) is 5.55. The molecule has 2 aliphatic carbocycles. The Morgan fingerprint density at radius 3 is 2.52 bits per heavy atom. The van der Waals surface area contributed by atoms with Crippen LogP contribution in [0.3, 0.4) is 0 Å². The van der Waals surface area contributed by atoms with Crippen molar-refractivity contribution in [3.63, 3.8) is 0 Å². The van der Waals surface area contributed by atoms with Crippen LogP contribution in [0, 0.1) is 11.3 Å². The molecule has 1 fully saturated rings. The molecule has 0 spiro atoms. The first-order chi connectivity index (χ1) is 9.75. The minimum Gasteiger partial charge on any atom is -0.508 e. The van der Waals surface area contributed by atoms with Crippen LogP contribution in [0.4, 0.5) is 0 Å². The maximum atomic E-state index is 10.3. The molecule has 1 N–H and O–H groups in total. The van der Waals surface area contributed by atoms with Crippen LogP contribution in [0.1, 0.15) is 82.9 Å². The lowest BCUT2D eigenvalue weighted by Gasteiger charge is -2.54. The Kier molecular flexibility index (Phi) is 3.39. The Morgan fingerprint density at radius 2 is 1.86 bits per heavy atom. The molecule has 3 rings (SSSR count). The smallest absolute Gasteiger partial charge is 0.119 e. The first kappa shape index (κ1) is 14.9. The third-order valence-corrected chi connectivity index (χ3v) is 6.42. The van der Waals surface area contributed by atoms with Crippen molar-refractivity contribution in [2.45, 2.75) is 78.1 Å². The average molecular weight is 286 g/mol. The molecule has 1 nitrogen and oxygen atoms in total. The number of aryl methyl sites for hydroxylation is 1. The molecule has 0 aliphatic heterocycles. The fraction of sp³-hybridized carbons (Fsp3) is 0.700. The Hall–Kier alpha value is -0.980. The third kappa shape index (κ3) is 2.20. The van der Waals surface area contributed by atoms with E-state index in [0.717, 1.165) is 17.9 Å². The second-order valence-electron chi connectivity index (χ2n) is 8.57. The highest BCUT2D eigenvalue weighted by molar-refractivity contribution is 5.48. The standard InChI is InChI=1S/C20H30O/c1-13(2)15-12-16-14(11-17(15)21)7-8-18-19(3,4)9-6-10-20(16,18)5/h11-13,18,21H,6-10H2,1-5H3/t18?,20-/m0/s1. The van der Waals surface area contributed by atoms with Gasteiger partial charge in [-0.1, -0.05) is 47.1 Å². The number of hydrogen-bond donors (Lipinski definition) is 1. The number of phenols is 1. The Balaban J connectivity index is 2.14. The number of phenolic OH excluding ortho intramolecular Hbond substituents is 1. The molecule has 0 aromatic heterocycles. The van der Waals surface area contributed by atoms with Gasteiger partial charge in [0, 0.05) is 0 Å². The zero-order valence-corrected chi connectivity index (χ0v) is 14.3. The van der Waals surface area contributed by atoms with Crippen molar-refractivity contribution in [3.05, 3.63) is 28.8 Å². The minimum atomic E-state index is 0.298. The highest BCUT2D eigenvalue weighted by Gasteiger charge is 2.49. The summed E-state index contributed by atoms with van der Waals surface area (Å²) < 4.78 is 0. The normalized spacial score (nSPS) is 30.9. The van der Waals surface area contributed by atoms with Gasteiger partial charge in [0.25, 0.3) is 0 Å². The fourth-order valence-electron chi connectivity index (χ4n) is 5.30. The van der Waals surface area contributed by atoms with E-state index < -0.39 is 0 Å². The van der Waals surface area contributed by atoms with Gasteiger partial charge in [0.1, 0.15) is 5.75 Å².